The van der Waals surface area contributed by atoms with Gasteiger partial charge in [-0.3, -0.25) is 4.57 Å². The highest BCUT2D eigenvalue weighted by Crippen LogP contribution is 2.39. The first-order chi connectivity index (χ1) is 18.9. The molecule has 0 bridgehead atoms. The standard InChI is InChI=1S/C26H34N8O5/c1-4-17(5-2)29-22-18-23(31-26(30-22)33(14-35)12-11-16-9-7-6-8-10-16)34(13-27-18)25-20(37)19(36)21(38-25)24-28-15(3)32-39-24/h6-10,13,17,19-21,25,35-37H,4-5,11-12,14H2,1-3H3,(H,29,30,31)/t19-,20+,21-,25+/m0/s1. The summed E-state index contributed by atoms with van der Waals surface area (Å²) in [5, 5.41) is 39.1. The molecule has 1 aliphatic rings. The molecule has 1 aliphatic heterocycles. The van der Waals surface area contributed by atoms with Crippen LogP contribution in [0.15, 0.2) is 41.2 Å². The van der Waals surface area contributed by atoms with Crippen molar-refractivity contribution in [3.05, 3.63) is 53.9 Å². The molecule has 39 heavy (non-hydrogen) atoms. The number of hydrogen-bond donors (Lipinski definition) is 4. The lowest BCUT2D eigenvalue weighted by molar-refractivity contribution is -0.0451. The molecule has 13 nitrogen and oxygen atoms in total. The van der Waals surface area contributed by atoms with Gasteiger partial charge < -0.3 is 34.8 Å². The smallest absolute Gasteiger partial charge is 0.258 e. The van der Waals surface area contributed by atoms with Gasteiger partial charge in [-0.1, -0.05) is 49.3 Å². The zero-order valence-electron chi connectivity index (χ0n) is 22.2. The molecule has 3 aromatic heterocycles. The summed E-state index contributed by atoms with van der Waals surface area (Å²) in [7, 11) is 0. The Morgan fingerprint density at radius 2 is 1.85 bits per heavy atom. The molecule has 1 aromatic carbocycles. The first-order valence-corrected chi connectivity index (χ1v) is 13.2. The van der Waals surface area contributed by atoms with Gasteiger partial charge in [0.05, 0.1) is 6.33 Å². The molecule has 1 saturated heterocycles. The number of imidazole rings is 1. The summed E-state index contributed by atoms with van der Waals surface area (Å²) in [5.74, 6) is 1.27. The molecule has 0 amide bonds. The van der Waals surface area contributed by atoms with E-state index in [0.29, 0.717) is 41.7 Å². The van der Waals surface area contributed by atoms with Crippen molar-refractivity contribution in [2.45, 2.75) is 70.6 Å². The highest BCUT2D eigenvalue weighted by atomic mass is 16.6. The summed E-state index contributed by atoms with van der Waals surface area (Å²) in [4.78, 5) is 19.8. The van der Waals surface area contributed by atoms with E-state index < -0.39 is 24.5 Å². The van der Waals surface area contributed by atoms with Gasteiger partial charge in [0.25, 0.3) is 5.89 Å². The lowest BCUT2D eigenvalue weighted by atomic mass is 10.1. The summed E-state index contributed by atoms with van der Waals surface area (Å²) in [6, 6.07) is 10.1. The van der Waals surface area contributed by atoms with Crippen molar-refractivity contribution in [3.8, 4) is 0 Å². The molecule has 0 saturated carbocycles. The van der Waals surface area contributed by atoms with Gasteiger partial charge in [-0.2, -0.15) is 15.0 Å². The molecule has 5 rings (SSSR count). The molecule has 0 radical (unpaired) electrons. The van der Waals surface area contributed by atoms with Crippen LogP contribution in [0.5, 0.6) is 0 Å². The number of rotatable bonds is 11. The normalized spacial score (nSPS) is 21.2. The van der Waals surface area contributed by atoms with Gasteiger partial charge in [-0.15, -0.1) is 0 Å². The van der Waals surface area contributed by atoms with E-state index >= 15 is 0 Å². The number of ether oxygens (including phenoxy) is 1. The van der Waals surface area contributed by atoms with E-state index in [1.54, 1.807) is 16.4 Å². The van der Waals surface area contributed by atoms with Crippen LogP contribution in [0.4, 0.5) is 11.8 Å². The minimum Gasteiger partial charge on any atom is -0.387 e. The molecular weight excluding hydrogens is 504 g/mol. The number of benzene rings is 1. The van der Waals surface area contributed by atoms with E-state index in [4.69, 9.17) is 19.2 Å². The summed E-state index contributed by atoms with van der Waals surface area (Å²) in [6.45, 7) is 6.01. The van der Waals surface area contributed by atoms with Crippen LogP contribution in [0.25, 0.3) is 11.2 Å². The molecule has 0 unspecified atom stereocenters. The number of hydrogen-bond acceptors (Lipinski definition) is 12. The maximum Gasteiger partial charge on any atom is 0.258 e. The second-order valence-corrected chi connectivity index (χ2v) is 9.60. The van der Waals surface area contributed by atoms with Crippen molar-refractivity contribution in [1.82, 2.24) is 29.7 Å². The Bertz CT molecular complexity index is 1380. The molecule has 1 fully saturated rings. The minimum atomic E-state index is -1.32. The second-order valence-electron chi connectivity index (χ2n) is 9.60. The molecule has 4 N–H and O–H groups in total. The fourth-order valence-corrected chi connectivity index (χ4v) is 4.68. The maximum absolute atomic E-state index is 10.9. The van der Waals surface area contributed by atoms with Crippen LogP contribution in [-0.4, -0.2) is 76.5 Å². The van der Waals surface area contributed by atoms with Crippen molar-refractivity contribution >= 4 is 22.9 Å². The van der Waals surface area contributed by atoms with Crippen molar-refractivity contribution in [2.24, 2.45) is 0 Å². The average Bonchev–Trinajstić information content (AvgIpc) is 3.65. The first kappa shape index (κ1) is 26.9. The van der Waals surface area contributed by atoms with Gasteiger partial charge in [0, 0.05) is 12.6 Å². The molecule has 4 atom stereocenters. The number of fused-ring (bicyclic) bond motifs is 1. The largest absolute Gasteiger partial charge is 0.387 e. The van der Waals surface area contributed by atoms with Gasteiger partial charge in [0.1, 0.15) is 18.9 Å². The van der Waals surface area contributed by atoms with Crippen LogP contribution >= 0.6 is 0 Å². The first-order valence-electron chi connectivity index (χ1n) is 13.2. The second kappa shape index (κ2) is 11.6. The van der Waals surface area contributed by atoms with Crippen molar-refractivity contribution < 1.29 is 24.6 Å². The highest BCUT2D eigenvalue weighted by molar-refractivity contribution is 5.84. The van der Waals surface area contributed by atoms with Gasteiger partial charge >= 0.3 is 0 Å². The summed E-state index contributed by atoms with van der Waals surface area (Å²) in [5.41, 5.74) is 1.98. The number of aromatic nitrogens is 6. The monoisotopic (exact) mass is 538 g/mol. The molecule has 4 aromatic rings. The molecule has 208 valence electrons. The zero-order valence-corrected chi connectivity index (χ0v) is 22.2. The van der Waals surface area contributed by atoms with E-state index in [1.807, 2.05) is 30.3 Å². The van der Waals surface area contributed by atoms with Crippen molar-refractivity contribution in [3.63, 3.8) is 0 Å². The Morgan fingerprint density at radius 1 is 1.08 bits per heavy atom. The van der Waals surface area contributed by atoms with Crippen LogP contribution in [0.2, 0.25) is 0 Å². The van der Waals surface area contributed by atoms with Crippen molar-refractivity contribution in [2.75, 3.05) is 23.5 Å². The topological polar surface area (TPSA) is 168 Å². The number of aliphatic hydroxyl groups excluding tert-OH is 3. The Labute approximate surface area is 225 Å². The zero-order chi connectivity index (χ0) is 27.5. The van der Waals surface area contributed by atoms with Crippen LogP contribution in [-0.2, 0) is 11.2 Å². The Morgan fingerprint density at radius 3 is 2.51 bits per heavy atom. The minimum absolute atomic E-state index is 0.0738. The molecule has 0 spiro atoms. The number of aliphatic hydroxyl groups is 3. The lowest BCUT2D eigenvalue weighted by Gasteiger charge is -2.23. The SMILES string of the molecule is CCC(CC)Nc1nc(N(CO)CCc2ccccc2)nc2c1ncn2[C@@H]1O[C@H](c2nc(C)no2)[C@@H](O)[C@H]1O. The van der Waals surface area contributed by atoms with E-state index in [-0.39, 0.29) is 18.7 Å². The van der Waals surface area contributed by atoms with Crippen molar-refractivity contribution in [1.29, 1.82) is 0 Å². The van der Waals surface area contributed by atoms with Gasteiger partial charge in [0.15, 0.2) is 35.1 Å². The summed E-state index contributed by atoms with van der Waals surface area (Å²) < 4.78 is 12.8. The van der Waals surface area contributed by atoms with Gasteiger partial charge in [-0.05, 0) is 31.7 Å². The van der Waals surface area contributed by atoms with Gasteiger partial charge in [0.2, 0.25) is 5.95 Å². The fraction of sp³-hybridized carbons (Fsp3) is 0.500. The Hall–Kier alpha value is -3.65. The molecular formula is C26H34N8O5. The highest BCUT2D eigenvalue weighted by Gasteiger charge is 2.47. The summed E-state index contributed by atoms with van der Waals surface area (Å²) >= 11 is 0. The third-order valence-electron chi connectivity index (χ3n) is 7.00. The predicted octanol–water partition coefficient (Wildman–Crippen LogP) is 2.11. The van der Waals surface area contributed by atoms with E-state index in [0.717, 1.165) is 18.4 Å². The molecule has 4 heterocycles. The maximum atomic E-state index is 10.9. The molecule has 0 aliphatic carbocycles. The number of anilines is 2. The van der Waals surface area contributed by atoms with E-state index in [2.05, 4.69) is 34.3 Å². The van der Waals surface area contributed by atoms with E-state index in [9.17, 15) is 15.3 Å². The average molecular weight is 539 g/mol. The lowest BCUT2D eigenvalue weighted by Crippen LogP contribution is -2.30. The summed E-state index contributed by atoms with van der Waals surface area (Å²) in [6.07, 6.45) is -0.758. The van der Waals surface area contributed by atoms with Crippen LogP contribution in [0.3, 0.4) is 0 Å². The fourth-order valence-electron chi connectivity index (χ4n) is 4.68. The van der Waals surface area contributed by atoms with E-state index in [1.165, 1.54) is 6.33 Å². The number of aryl methyl sites for hydroxylation is 1. The van der Waals surface area contributed by atoms with Crippen LogP contribution < -0.4 is 10.2 Å². The van der Waals surface area contributed by atoms with Crippen LogP contribution in [0.1, 0.15) is 56.3 Å². The quantitative estimate of drug-likeness (QED) is 0.206. The predicted molar refractivity (Wildman–Crippen MR) is 142 cm³/mol. The van der Waals surface area contributed by atoms with Gasteiger partial charge in [-0.25, -0.2) is 4.98 Å². The van der Waals surface area contributed by atoms with Crippen LogP contribution in [0, 0.1) is 6.92 Å². The third kappa shape index (κ3) is 5.43. The Kier molecular flexibility index (Phi) is 8.02. The number of nitrogens with one attached hydrogen (secondary N) is 1. The third-order valence-corrected chi connectivity index (χ3v) is 7.00. The Balaban J connectivity index is 1.52. The molecule has 13 heteroatoms. The number of nitrogens with zero attached hydrogens (tertiary/aromatic N) is 7.